The van der Waals surface area contributed by atoms with Crippen LogP contribution in [0.4, 0.5) is 0 Å². The Labute approximate surface area is 114 Å². The van der Waals surface area contributed by atoms with Crippen LogP contribution in [0.5, 0.6) is 5.88 Å². The molecule has 0 aromatic carbocycles. The largest absolute Gasteiger partial charge is 0.708 e. The zero-order valence-corrected chi connectivity index (χ0v) is 11.9. The normalized spacial score (nSPS) is 27.6. The third-order valence-electron chi connectivity index (χ3n) is 4.16. The van der Waals surface area contributed by atoms with Gasteiger partial charge < -0.3 is 14.7 Å². The summed E-state index contributed by atoms with van der Waals surface area (Å²) >= 11 is 0. The second-order valence-corrected chi connectivity index (χ2v) is 5.95. The molecule has 0 aliphatic heterocycles. The average molecular weight is 266 g/mol. The number of hydrogen-bond acceptors (Lipinski definition) is 4. The van der Waals surface area contributed by atoms with Crippen LogP contribution in [0.15, 0.2) is 12.3 Å². The molecule has 1 fully saturated rings. The molecule has 3 atom stereocenters. The summed E-state index contributed by atoms with van der Waals surface area (Å²) in [6, 6.07) is 1.95. The van der Waals surface area contributed by atoms with Crippen molar-refractivity contribution in [3.8, 4) is 5.88 Å². The van der Waals surface area contributed by atoms with Crippen LogP contribution in [-0.2, 0) is 0 Å². The summed E-state index contributed by atoms with van der Waals surface area (Å²) in [5.74, 6) is 2.22. The van der Waals surface area contributed by atoms with E-state index in [-0.39, 0.29) is 6.04 Å². The van der Waals surface area contributed by atoms with Crippen LogP contribution in [0.25, 0.3) is 0 Å². The number of aromatic nitrogens is 2. The Morgan fingerprint density at radius 3 is 2.79 bits per heavy atom. The molecule has 6 heteroatoms. The Balaban J connectivity index is 2.23. The minimum atomic E-state index is -1.80. The van der Waals surface area contributed by atoms with Gasteiger partial charge in [0.15, 0.2) is 5.88 Å². The molecular formula is C13H23BN2O3. The van der Waals surface area contributed by atoms with Crippen LogP contribution in [0.1, 0.15) is 46.1 Å². The van der Waals surface area contributed by atoms with Crippen LogP contribution in [0.2, 0.25) is 0 Å². The van der Waals surface area contributed by atoms with E-state index in [0.29, 0.717) is 23.6 Å². The molecule has 2 rings (SSSR count). The van der Waals surface area contributed by atoms with Crippen molar-refractivity contribution in [1.82, 2.24) is 9.78 Å². The van der Waals surface area contributed by atoms with Crippen LogP contribution in [-0.4, -0.2) is 27.1 Å². The molecule has 1 aromatic heterocycles. The van der Waals surface area contributed by atoms with Gasteiger partial charge in [0.05, 0.1) is 12.2 Å². The molecule has 1 aliphatic rings. The molecule has 0 spiro atoms. The smallest absolute Gasteiger partial charge is 0.498 e. The summed E-state index contributed by atoms with van der Waals surface area (Å²) in [5, 5.41) is 22.3. The molecule has 0 amide bonds. The van der Waals surface area contributed by atoms with Gasteiger partial charge in [0.2, 0.25) is 0 Å². The fraction of sp³-hybridized carbons (Fsp3) is 0.769. The van der Waals surface area contributed by atoms with E-state index in [1.165, 1.54) is 12.8 Å². The topological polar surface area (TPSA) is 67.5 Å². The maximum absolute atomic E-state index is 8.97. The molecule has 0 saturated heterocycles. The minimum absolute atomic E-state index is 0.271. The van der Waals surface area contributed by atoms with Crippen molar-refractivity contribution in [2.75, 3.05) is 0 Å². The van der Waals surface area contributed by atoms with Crippen LogP contribution >= 0.6 is 0 Å². The average Bonchev–Trinajstić information content (AvgIpc) is 2.75. The second kappa shape index (κ2) is 5.97. The highest BCUT2D eigenvalue weighted by atomic mass is 16.6. The lowest BCUT2D eigenvalue weighted by Crippen LogP contribution is -2.32. The summed E-state index contributed by atoms with van der Waals surface area (Å²) < 4.78 is 6.83. The van der Waals surface area contributed by atoms with E-state index in [1.54, 1.807) is 12.3 Å². The first-order valence-electron chi connectivity index (χ1n) is 7.05. The van der Waals surface area contributed by atoms with E-state index < -0.39 is 7.32 Å². The lowest BCUT2D eigenvalue weighted by atomic mass is 9.74. The maximum atomic E-state index is 8.97. The summed E-state index contributed by atoms with van der Waals surface area (Å²) in [6.07, 6.45) is 5.14. The monoisotopic (exact) mass is 266 g/mol. The van der Waals surface area contributed by atoms with E-state index in [2.05, 4.69) is 25.9 Å². The summed E-state index contributed by atoms with van der Waals surface area (Å²) in [6.45, 7) is 6.73. The number of rotatable bonds is 4. The number of hydrogen-bond donors (Lipinski definition) is 2. The van der Waals surface area contributed by atoms with Gasteiger partial charge in [-0.3, -0.25) is 0 Å². The molecule has 106 valence electrons. The molecule has 0 radical (unpaired) electrons. The summed E-state index contributed by atoms with van der Waals surface area (Å²) in [7, 11) is -1.80. The highest BCUT2D eigenvalue weighted by molar-refractivity contribution is 6.33. The lowest BCUT2D eigenvalue weighted by molar-refractivity contribution is 0.131. The van der Waals surface area contributed by atoms with Crippen molar-refractivity contribution >= 4 is 7.32 Å². The van der Waals surface area contributed by atoms with Crippen molar-refractivity contribution in [2.24, 2.45) is 17.8 Å². The summed E-state index contributed by atoms with van der Waals surface area (Å²) in [5.41, 5.74) is 0. The van der Waals surface area contributed by atoms with Crippen LogP contribution in [0.3, 0.4) is 0 Å². The first-order chi connectivity index (χ1) is 8.99. The molecule has 1 aromatic rings. The third-order valence-corrected chi connectivity index (χ3v) is 4.16. The quantitative estimate of drug-likeness (QED) is 0.816. The van der Waals surface area contributed by atoms with E-state index in [1.807, 2.05) is 4.68 Å². The van der Waals surface area contributed by atoms with Crippen molar-refractivity contribution in [1.29, 1.82) is 0 Å². The van der Waals surface area contributed by atoms with Gasteiger partial charge in [0, 0.05) is 6.07 Å². The first-order valence-corrected chi connectivity index (χ1v) is 7.05. The van der Waals surface area contributed by atoms with Gasteiger partial charge in [-0.25, -0.2) is 4.68 Å². The van der Waals surface area contributed by atoms with Crippen molar-refractivity contribution < 1.29 is 14.7 Å². The molecule has 19 heavy (non-hydrogen) atoms. The van der Waals surface area contributed by atoms with Crippen molar-refractivity contribution in [3.63, 3.8) is 0 Å². The Morgan fingerprint density at radius 1 is 1.42 bits per heavy atom. The fourth-order valence-corrected chi connectivity index (χ4v) is 3.19. The zero-order valence-electron chi connectivity index (χ0n) is 11.9. The zero-order chi connectivity index (χ0) is 14.0. The Kier molecular flexibility index (Phi) is 4.52. The predicted octanol–water partition coefficient (Wildman–Crippen LogP) is 1.86. The van der Waals surface area contributed by atoms with Gasteiger partial charge in [-0.2, -0.15) is 5.10 Å². The highest BCUT2D eigenvalue weighted by Gasteiger charge is 2.34. The Hall–Kier alpha value is -1.01. The molecule has 1 unspecified atom stereocenters. The fourth-order valence-electron chi connectivity index (χ4n) is 3.19. The van der Waals surface area contributed by atoms with E-state index in [4.69, 9.17) is 14.7 Å². The van der Waals surface area contributed by atoms with E-state index in [9.17, 15) is 0 Å². The van der Waals surface area contributed by atoms with Gasteiger partial charge in [-0.05, 0) is 30.6 Å². The molecule has 1 heterocycles. The van der Waals surface area contributed by atoms with Gasteiger partial charge in [0.25, 0.3) is 0 Å². The Bertz CT molecular complexity index is 408. The van der Waals surface area contributed by atoms with Gasteiger partial charge in [-0.1, -0.05) is 27.2 Å². The second-order valence-electron chi connectivity index (χ2n) is 5.95. The number of nitrogens with zero attached hydrogens (tertiary/aromatic N) is 2. The predicted molar refractivity (Wildman–Crippen MR) is 73.4 cm³/mol. The molecule has 5 nitrogen and oxygen atoms in total. The summed E-state index contributed by atoms with van der Waals surface area (Å²) in [4.78, 5) is 0. The minimum Gasteiger partial charge on any atom is -0.498 e. The standard InChI is InChI=1S/C13H23BN2O3/c1-9(2)11-5-4-10(3)8-12(11)16-13(6-7-15-16)19-14(17)18/h6-7,9-12,17-18H,4-5,8H2,1-3H3/t10-,11-,12?/m1/s1. The van der Waals surface area contributed by atoms with E-state index >= 15 is 0 Å². The van der Waals surface area contributed by atoms with Crippen LogP contribution < -0.4 is 4.65 Å². The van der Waals surface area contributed by atoms with Gasteiger partial charge >= 0.3 is 7.32 Å². The molecule has 2 N–H and O–H groups in total. The van der Waals surface area contributed by atoms with Crippen molar-refractivity contribution in [2.45, 2.75) is 46.1 Å². The Morgan fingerprint density at radius 2 is 2.16 bits per heavy atom. The first kappa shape index (κ1) is 14.4. The van der Waals surface area contributed by atoms with Crippen LogP contribution in [0, 0.1) is 17.8 Å². The molecule has 1 aliphatic carbocycles. The van der Waals surface area contributed by atoms with Crippen molar-refractivity contribution in [3.05, 3.63) is 12.3 Å². The molecule has 0 bridgehead atoms. The van der Waals surface area contributed by atoms with Gasteiger partial charge in [-0.15, -0.1) is 0 Å². The maximum Gasteiger partial charge on any atom is 0.708 e. The highest BCUT2D eigenvalue weighted by Crippen LogP contribution is 2.42. The van der Waals surface area contributed by atoms with E-state index in [0.717, 1.165) is 6.42 Å². The van der Waals surface area contributed by atoms with Gasteiger partial charge in [0.1, 0.15) is 0 Å². The molecular weight excluding hydrogens is 243 g/mol. The third kappa shape index (κ3) is 3.31. The lowest BCUT2D eigenvalue weighted by Gasteiger charge is -2.37. The SMILES string of the molecule is CC(C)[C@H]1CC[C@@H](C)CC1n1nccc1OB(O)O. The molecule has 1 saturated carbocycles.